The molecule has 4 heteroatoms. The van der Waals surface area contributed by atoms with E-state index in [9.17, 15) is 0 Å². The molecule has 0 aromatic carbocycles. The molecular formula is C14H30N2O2. The molecule has 1 aliphatic rings. The van der Waals surface area contributed by atoms with Crippen LogP contribution in [0.3, 0.4) is 0 Å². The Morgan fingerprint density at radius 2 is 1.83 bits per heavy atom. The van der Waals surface area contributed by atoms with Crippen molar-refractivity contribution in [2.75, 3.05) is 47.6 Å². The minimum absolute atomic E-state index is 0.736. The van der Waals surface area contributed by atoms with Crippen molar-refractivity contribution < 1.29 is 9.47 Å². The second kappa shape index (κ2) is 9.73. The van der Waals surface area contributed by atoms with E-state index in [2.05, 4.69) is 24.3 Å². The number of rotatable bonds is 9. The van der Waals surface area contributed by atoms with Crippen LogP contribution in [-0.2, 0) is 9.47 Å². The number of hydrogen-bond donors (Lipinski definition) is 1. The van der Waals surface area contributed by atoms with Crippen molar-refractivity contribution in [3.63, 3.8) is 0 Å². The number of nitrogens with one attached hydrogen (secondary N) is 1. The summed E-state index contributed by atoms with van der Waals surface area (Å²) in [7, 11) is 6.03. The Labute approximate surface area is 112 Å². The monoisotopic (exact) mass is 258 g/mol. The van der Waals surface area contributed by atoms with Gasteiger partial charge in [-0.2, -0.15) is 0 Å². The van der Waals surface area contributed by atoms with Crippen molar-refractivity contribution in [3.8, 4) is 0 Å². The molecular weight excluding hydrogens is 228 g/mol. The zero-order valence-electron chi connectivity index (χ0n) is 12.3. The maximum Gasteiger partial charge on any atom is 0.0593 e. The number of hydrogen-bond acceptors (Lipinski definition) is 4. The molecule has 0 radical (unpaired) electrons. The number of ether oxygens (including phenoxy) is 2. The van der Waals surface area contributed by atoms with Crippen LogP contribution in [0, 0.1) is 0 Å². The van der Waals surface area contributed by atoms with E-state index in [1.165, 1.54) is 25.7 Å². The first-order valence-electron chi connectivity index (χ1n) is 7.22. The molecule has 0 unspecified atom stereocenters. The highest BCUT2D eigenvalue weighted by Gasteiger charge is 2.22. The first-order chi connectivity index (χ1) is 8.77. The molecule has 0 amide bonds. The first kappa shape index (κ1) is 15.9. The summed E-state index contributed by atoms with van der Waals surface area (Å²) in [4.78, 5) is 2.46. The van der Waals surface area contributed by atoms with Gasteiger partial charge in [0.05, 0.1) is 6.61 Å². The van der Waals surface area contributed by atoms with Gasteiger partial charge in [-0.05, 0) is 46.2 Å². The predicted molar refractivity (Wildman–Crippen MR) is 75.0 cm³/mol. The minimum Gasteiger partial charge on any atom is -0.385 e. The highest BCUT2D eigenvalue weighted by molar-refractivity contribution is 4.80. The Balaban J connectivity index is 2.01. The minimum atomic E-state index is 0.736. The quantitative estimate of drug-likeness (QED) is 0.636. The molecule has 0 bridgehead atoms. The van der Waals surface area contributed by atoms with Crippen LogP contribution in [0.15, 0.2) is 0 Å². The first-order valence-corrected chi connectivity index (χ1v) is 7.22. The van der Waals surface area contributed by atoms with Crippen LogP contribution in [0.2, 0.25) is 0 Å². The van der Waals surface area contributed by atoms with Crippen LogP contribution < -0.4 is 5.32 Å². The molecule has 4 nitrogen and oxygen atoms in total. The molecule has 1 saturated carbocycles. The van der Waals surface area contributed by atoms with Crippen LogP contribution in [0.5, 0.6) is 0 Å². The third kappa shape index (κ3) is 6.14. The second-order valence-corrected chi connectivity index (χ2v) is 5.23. The fraction of sp³-hybridized carbons (Fsp3) is 1.00. The molecule has 0 aliphatic heterocycles. The molecule has 0 saturated heterocycles. The van der Waals surface area contributed by atoms with Gasteiger partial charge in [-0.3, -0.25) is 0 Å². The third-order valence-electron chi connectivity index (χ3n) is 3.95. The van der Waals surface area contributed by atoms with Crippen molar-refractivity contribution in [2.24, 2.45) is 0 Å². The van der Waals surface area contributed by atoms with Crippen molar-refractivity contribution >= 4 is 0 Å². The Kier molecular flexibility index (Phi) is 8.59. The number of likely N-dealkylation sites (N-methyl/N-ethyl adjacent to an activating group) is 1. The summed E-state index contributed by atoms with van der Waals surface area (Å²) < 4.78 is 10.6. The van der Waals surface area contributed by atoms with E-state index in [-0.39, 0.29) is 0 Å². The molecule has 108 valence electrons. The highest BCUT2D eigenvalue weighted by atomic mass is 16.5. The zero-order valence-corrected chi connectivity index (χ0v) is 12.3. The molecule has 1 fully saturated rings. The summed E-state index contributed by atoms with van der Waals surface area (Å²) in [5, 5.41) is 3.38. The summed E-state index contributed by atoms with van der Waals surface area (Å²) in [6.45, 7) is 3.49. The Bertz CT molecular complexity index is 194. The van der Waals surface area contributed by atoms with Gasteiger partial charge in [0, 0.05) is 39.0 Å². The lowest BCUT2D eigenvalue weighted by Crippen LogP contribution is -2.41. The standard InChI is InChI=1S/C14H30N2O2/c1-15-13-5-7-14(8-6-13)16(2)9-12-18-11-4-10-17-3/h13-15H,4-12H2,1-3H3. The molecule has 0 atom stereocenters. The van der Waals surface area contributed by atoms with Crippen LogP contribution >= 0.6 is 0 Å². The number of nitrogens with zero attached hydrogens (tertiary/aromatic N) is 1. The normalized spacial score (nSPS) is 24.7. The van der Waals surface area contributed by atoms with E-state index in [1.54, 1.807) is 7.11 Å². The van der Waals surface area contributed by atoms with Crippen LogP contribution in [0.25, 0.3) is 0 Å². The van der Waals surface area contributed by atoms with E-state index in [0.29, 0.717) is 0 Å². The summed E-state index contributed by atoms with van der Waals surface area (Å²) >= 11 is 0. The zero-order chi connectivity index (χ0) is 13.2. The maximum absolute atomic E-state index is 5.61. The second-order valence-electron chi connectivity index (χ2n) is 5.23. The highest BCUT2D eigenvalue weighted by Crippen LogP contribution is 2.21. The van der Waals surface area contributed by atoms with Crippen LogP contribution in [-0.4, -0.2) is 64.6 Å². The van der Waals surface area contributed by atoms with Gasteiger partial charge >= 0.3 is 0 Å². The van der Waals surface area contributed by atoms with E-state index in [1.807, 2.05) is 0 Å². The Morgan fingerprint density at radius 3 is 2.44 bits per heavy atom. The third-order valence-corrected chi connectivity index (χ3v) is 3.95. The van der Waals surface area contributed by atoms with Crippen LogP contribution in [0.1, 0.15) is 32.1 Å². The SMILES string of the molecule is CNC1CCC(N(C)CCOCCCOC)CC1. The maximum atomic E-state index is 5.61. The van der Waals surface area contributed by atoms with Gasteiger partial charge in [-0.25, -0.2) is 0 Å². The lowest BCUT2D eigenvalue weighted by molar-refractivity contribution is 0.0731. The van der Waals surface area contributed by atoms with Crippen molar-refractivity contribution in [3.05, 3.63) is 0 Å². The summed E-state index contributed by atoms with van der Waals surface area (Å²) in [6, 6.07) is 1.48. The predicted octanol–water partition coefficient (Wildman–Crippen LogP) is 1.50. The summed E-state index contributed by atoms with van der Waals surface area (Å²) in [6.07, 6.45) is 6.23. The van der Waals surface area contributed by atoms with Crippen molar-refractivity contribution in [1.29, 1.82) is 0 Å². The molecule has 18 heavy (non-hydrogen) atoms. The van der Waals surface area contributed by atoms with Gasteiger partial charge in [-0.15, -0.1) is 0 Å². The lowest BCUT2D eigenvalue weighted by atomic mass is 9.90. The van der Waals surface area contributed by atoms with Gasteiger partial charge in [0.1, 0.15) is 0 Å². The smallest absolute Gasteiger partial charge is 0.0593 e. The average molecular weight is 258 g/mol. The number of methoxy groups -OCH3 is 1. The van der Waals surface area contributed by atoms with E-state index in [4.69, 9.17) is 9.47 Å². The van der Waals surface area contributed by atoms with Gasteiger partial charge in [-0.1, -0.05) is 0 Å². The van der Waals surface area contributed by atoms with E-state index < -0.39 is 0 Å². The molecule has 0 aromatic heterocycles. The van der Waals surface area contributed by atoms with E-state index >= 15 is 0 Å². The molecule has 1 N–H and O–H groups in total. The molecule has 0 spiro atoms. The molecule has 0 heterocycles. The van der Waals surface area contributed by atoms with Gasteiger partial charge in [0.15, 0.2) is 0 Å². The van der Waals surface area contributed by atoms with E-state index in [0.717, 1.165) is 44.9 Å². The average Bonchev–Trinajstić information content (AvgIpc) is 2.42. The lowest BCUT2D eigenvalue weighted by Gasteiger charge is -2.34. The molecule has 1 rings (SSSR count). The van der Waals surface area contributed by atoms with Gasteiger partial charge in [0.25, 0.3) is 0 Å². The summed E-state index contributed by atoms with van der Waals surface area (Å²) in [5.74, 6) is 0. The van der Waals surface area contributed by atoms with Crippen LogP contribution in [0.4, 0.5) is 0 Å². The fourth-order valence-corrected chi connectivity index (χ4v) is 2.60. The van der Waals surface area contributed by atoms with Crippen molar-refractivity contribution in [1.82, 2.24) is 10.2 Å². The van der Waals surface area contributed by atoms with Gasteiger partial charge < -0.3 is 19.7 Å². The fourth-order valence-electron chi connectivity index (χ4n) is 2.60. The largest absolute Gasteiger partial charge is 0.385 e. The molecule has 0 aromatic rings. The topological polar surface area (TPSA) is 33.7 Å². The Morgan fingerprint density at radius 1 is 1.11 bits per heavy atom. The van der Waals surface area contributed by atoms with Gasteiger partial charge in [0.2, 0.25) is 0 Å². The van der Waals surface area contributed by atoms with Crippen molar-refractivity contribution in [2.45, 2.75) is 44.2 Å². The molecule has 1 aliphatic carbocycles. The summed E-state index contributed by atoms with van der Waals surface area (Å²) in [5.41, 5.74) is 0. The Hall–Kier alpha value is -0.160.